The highest BCUT2D eigenvalue weighted by Crippen LogP contribution is 2.20. The molecule has 1 saturated heterocycles. The number of piperidine rings is 1. The second kappa shape index (κ2) is 7.15. The molecule has 1 unspecified atom stereocenters. The number of hydrogen-bond acceptors (Lipinski definition) is 6. The maximum absolute atomic E-state index is 5.35. The van der Waals surface area contributed by atoms with Crippen molar-refractivity contribution in [3.63, 3.8) is 0 Å². The lowest BCUT2D eigenvalue weighted by molar-refractivity contribution is 0.219. The van der Waals surface area contributed by atoms with Gasteiger partial charge in [-0.1, -0.05) is 18.5 Å². The van der Waals surface area contributed by atoms with Crippen LogP contribution in [0.5, 0.6) is 0 Å². The number of thiophene rings is 1. The van der Waals surface area contributed by atoms with Crippen LogP contribution in [0.1, 0.15) is 32.0 Å². The monoisotopic (exact) mass is 306 g/mol. The molecule has 6 heteroatoms. The van der Waals surface area contributed by atoms with Crippen LogP contribution >= 0.6 is 11.3 Å². The summed E-state index contributed by atoms with van der Waals surface area (Å²) < 4.78 is 5.35. The Kier molecular flexibility index (Phi) is 5.00. The first-order valence-electron chi connectivity index (χ1n) is 7.66. The lowest BCUT2D eigenvalue weighted by Crippen LogP contribution is -2.43. The molecule has 1 fully saturated rings. The van der Waals surface area contributed by atoms with E-state index in [1.807, 2.05) is 16.8 Å². The molecule has 1 atom stereocenters. The van der Waals surface area contributed by atoms with Gasteiger partial charge in [-0.2, -0.15) is 16.3 Å². The summed E-state index contributed by atoms with van der Waals surface area (Å²) in [6.45, 7) is 6.14. The highest BCUT2D eigenvalue weighted by Gasteiger charge is 2.18. The van der Waals surface area contributed by atoms with E-state index in [-0.39, 0.29) is 0 Å². The van der Waals surface area contributed by atoms with Crippen molar-refractivity contribution in [3.05, 3.63) is 22.7 Å². The van der Waals surface area contributed by atoms with E-state index in [2.05, 4.69) is 27.3 Å². The minimum Gasteiger partial charge on any atom is -0.334 e. The molecule has 21 heavy (non-hydrogen) atoms. The third-order valence-corrected chi connectivity index (χ3v) is 4.62. The Labute approximate surface area is 129 Å². The molecule has 0 amide bonds. The zero-order valence-corrected chi connectivity index (χ0v) is 13.2. The highest BCUT2D eigenvalue weighted by atomic mass is 32.1. The Morgan fingerprint density at radius 1 is 1.48 bits per heavy atom. The highest BCUT2D eigenvalue weighted by molar-refractivity contribution is 7.08. The Balaban J connectivity index is 1.58. The van der Waals surface area contributed by atoms with E-state index >= 15 is 0 Å². The molecule has 0 radical (unpaired) electrons. The summed E-state index contributed by atoms with van der Waals surface area (Å²) in [5.74, 6) is 1.40. The SMILES string of the molecule is CCN(Cc1noc(-c2ccsc2)n1)CC1CCCCN1. The molecule has 1 N–H and O–H groups in total. The smallest absolute Gasteiger partial charge is 0.258 e. The van der Waals surface area contributed by atoms with Gasteiger partial charge >= 0.3 is 0 Å². The number of rotatable bonds is 6. The topological polar surface area (TPSA) is 54.2 Å². The quantitative estimate of drug-likeness (QED) is 0.889. The first-order valence-corrected chi connectivity index (χ1v) is 8.60. The second-order valence-corrected chi connectivity index (χ2v) is 6.28. The molecule has 0 aromatic carbocycles. The number of likely N-dealkylation sites (N-methyl/N-ethyl adjacent to an activating group) is 1. The van der Waals surface area contributed by atoms with E-state index in [0.717, 1.165) is 37.6 Å². The average molecular weight is 306 g/mol. The van der Waals surface area contributed by atoms with Gasteiger partial charge in [0, 0.05) is 18.0 Å². The molecule has 5 nitrogen and oxygen atoms in total. The molecule has 1 aliphatic rings. The van der Waals surface area contributed by atoms with Crippen molar-refractivity contribution in [1.29, 1.82) is 0 Å². The zero-order valence-electron chi connectivity index (χ0n) is 12.4. The maximum atomic E-state index is 5.35. The van der Waals surface area contributed by atoms with Crippen LogP contribution in [0.25, 0.3) is 11.5 Å². The van der Waals surface area contributed by atoms with E-state index in [0.29, 0.717) is 11.9 Å². The van der Waals surface area contributed by atoms with E-state index in [1.165, 1.54) is 19.3 Å². The van der Waals surface area contributed by atoms with Gasteiger partial charge in [-0.25, -0.2) is 0 Å². The van der Waals surface area contributed by atoms with Gasteiger partial charge < -0.3 is 9.84 Å². The van der Waals surface area contributed by atoms with Gasteiger partial charge in [-0.05, 0) is 37.4 Å². The molecule has 2 aromatic rings. The maximum Gasteiger partial charge on any atom is 0.258 e. The third-order valence-electron chi connectivity index (χ3n) is 3.94. The summed E-state index contributed by atoms with van der Waals surface area (Å²) in [5.41, 5.74) is 1.01. The summed E-state index contributed by atoms with van der Waals surface area (Å²) in [6, 6.07) is 2.60. The summed E-state index contributed by atoms with van der Waals surface area (Å²) in [5, 5.41) is 11.8. The largest absolute Gasteiger partial charge is 0.334 e. The molecule has 3 rings (SSSR count). The van der Waals surface area contributed by atoms with Crippen LogP contribution in [0.3, 0.4) is 0 Å². The fraction of sp³-hybridized carbons (Fsp3) is 0.600. The fourth-order valence-corrected chi connectivity index (χ4v) is 3.35. The number of nitrogens with zero attached hydrogens (tertiary/aromatic N) is 3. The first kappa shape index (κ1) is 14.7. The van der Waals surface area contributed by atoms with Gasteiger partial charge in [-0.15, -0.1) is 0 Å². The lowest BCUT2D eigenvalue weighted by atomic mass is 10.0. The van der Waals surface area contributed by atoms with Crippen LogP contribution in [0.15, 0.2) is 21.3 Å². The van der Waals surface area contributed by atoms with E-state index < -0.39 is 0 Å². The summed E-state index contributed by atoms with van der Waals surface area (Å²) in [6.07, 6.45) is 3.90. The predicted molar refractivity (Wildman–Crippen MR) is 84.2 cm³/mol. The molecular formula is C15H22N4OS. The number of nitrogens with one attached hydrogen (secondary N) is 1. The van der Waals surface area contributed by atoms with Crippen LogP contribution in [0.4, 0.5) is 0 Å². The Hall–Kier alpha value is -1.24. The molecule has 0 bridgehead atoms. The normalized spacial score (nSPS) is 19.2. The van der Waals surface area contributed by atoms with Gasteiger partial charge in [0.2, 0.25) is 0 Å². The molecule has 114 valence electrons. The lowest BCUT2D eigenvalue weighted by Gasteiger charge is -2.29. The molecule has 1 aliphatic heterocycles. The van der Waals surface area contributed by atoms with Crippen molar-refractivity contribution in [3.8, 4) is 11.5 Å². The Morgan fingerprint density at radius 2 is 2.43 bits per heavy atom. The Morgan fingerprint density at radius 3 is 3.14 bits per heavy atom. The third kappa shape index (κ3) is 3.90. The summed E-state index contributed by atoms with van der Waals surface area (Å²) in [4.78, 5) is 6.88. The van der Waals surface area contributed by atoms with Gasteiger partial charge in [0.15, 0.2) is 5.82 Å². The molecule has 2 aromatic heterocycles. The Bertz CT molecular complexity index is 534. The van der Waals surface area contributed by atoms with Crippen molar-refractivity contribution in [2.45, 2.75) is 38.8 Å². The predicted octanol–water partition coefficient (Wildman–Crippen LogP) is 2.76. The van der Waals surface area contributed by atoms with Crippen molar-refractivity contribution in [2.24, 2.45) is 0 Å². The zero-order chi connectivity index (χ0) is 14.5. The first-order chi connectivity index (χ1) is 10.3. The van der Waals surface area contributed by atoms with Gasteiger partial charge in [0.05, 0.1) is 12.1 Å². The van der Waals surface area contributed by atoms with Crippen LogP contribution in [-0.2, 0) is 6.54 Å². The average Bonchev–Trinajstić information content (AvgIpc) is 3.18. The van der Waals surface area contributed by atoms with Crippen LogP contribution < -0.4 is 5.32 Å². The minimum absolute atomic E-state index is 0.599. The number of aromatic nitrogens is 2. The number of hydrogen-bond donors (Lipinski definition) is 1. The van der Waals surface area contributed by atoms with Crippen molar-refractivity contribution in [2.75, 3.05) is 19.6 Å². The van der Waals surface area contributed by atoms with Gasteiger partial charge in [0.25, 0.3) is 5.89 Å². The standard InChI is InChI=1S/C15H22N4OS/c1-2-19(9-13-5-3-4-7-16-13)10-14-17-15(20-18-14)12-6-8-21-11-12/h6,8,11,13,16H,2-5,7,9-10H2,1H3. The fourth-order valence-electron chi connectivity index (χ4n) is 2.72. The molecule has 0 spiro atoms. The van der Waals surface area contributed by atoms with Crippen LogP contribution in [0.2, 0.25) is 0 Å². The van der Waals surface area contributed by atoms with Gasteiger partial charge in [0.1, 0.15) is 0 Å². The van der Waals surface area contributed by atoms with E-state index in [1.54, 1.807) is 11.3 Å². The van der Waals surface area contributed by atoms with Crippen LogP contribution in [-0.4, -0.2) is 40.7 Å². The van der Waals surface area contributed by atoms with E-state index in [9.17, 15) is 0 Å². The summed E-state index contributed by atoms with van der Waals surface area (Å²) >= 11 is 1.64. The summed E-state index contributed by atoms with van der Waals surface area (Å²) in [7, 11) is 0. The van der Waals surface area contributed by atoms with Crippen molar-refractivity contribution in [1.82, 2.24) is 20.4 Å². The van der Waals surface area contributed by atoms with Crippen LogP contribution in [0, 0.1) is 0 Å². The van der Waals surface area contributed by atoms with E-state index in [4.69, 9.17) is 4.52 Å². The van der Waals surface area contributed by atoms with Crippen molar-refractivity contribution < 1.29 is 4.52 Å². The molecular weight excluding hydrogens is 284 g/mol. The van der Waals surface area contributed by atoms with Crippen molar-refractivity contribution >= 4 is 11.3 Å². The van der Waals surface area contributed by atoms with Gasteiger partial charge in [-0.3, -0.25) is 4.90 Å². The minimum atomic E-state index is 0.599. The second-order valence-electron chi connectivity index (χ2n) is 5.50. The molecule has 3 heterocycles. The molecule has 0 aliphatic carbocycles. The molecule has 0 saturated carbocycles.